The van der Waals surface area contributed by atoms with Crippen LogP contribution in [0.3, 0.4) is 0 Å². The molecule has 2 heterocycles. The molecule has 1 saturated heterocycles. The van der Waals surface area contributed by atoms with Crippen LogP contribution in [-0.4, -0.2) is 34.6 Å². The lowest BCUT2D eigenvalue weighted by Gasteiger charge is -2.35. The Hall–Kier alpha value is -2.32. The molecular weight excluding hydrogens is 354 g/mol. The third-order valence-corrected chi connectivity index (χ3v) is 5.88. The molecule has 5 heteroatoms. The van der Waals surface area contributed by atoms with Crippen LogP contribution in [0.5, 0.6) is 0 Å². The quantitative estimate of drug-likeness (QED) is 0.733. The monoisotopic (exact) mass is 379 g/mol. The molecule has 0 N–H and O–H groups in total. The summed E-state index contributed by atoms with van der Waals surface area (Å²) in [4.78, 5) is 19.4. The molecule has 0 unspecified atom stereocenters. The molecule has 3 rings (SSSR count). The average molecular weight is 380 g/mol. The van der Waals surface area contributed by atoms with Crippen molar-refractivity contribution in [1.82, 2.24) is 9.88 Å². The lowest BCUT2D eigenvalue weighted by molar-refractivity contribution is -0.130. The highest BCUT2D eigenvalue weighted by Gasteiger charge is 2.25. The number of amides is 1. The van der Waals surface area contributed by atoms with E-state index in [1.807, 2.05) is 48.2 Å². The van der Waals surface area contributed by atoms with Gasteiger partial charge >= 0.3 is 0 Å². The second-order valence-corrected chi connectivity index (χ2v) is 8.48. The molecule has 0 saturated carbocycles. The molecule has 1 aromatic heterocycles. The average Bonchev–Trinajstić information content (AvgIpc) is 2.66. The fourth-order valence-electron chi connectivity index (χ4n) is 3.76. The first kappa shape index (κ1) is 19.4. The van der Waals surface area contributed by atoms with Crippen LogP contribution in [0.1, 0.15) is 31.4 Å². The van der Waals surface area contributed by atoms with Crippen LogP contribution in [0.15, 0.2) is 41.4 Å². The third kappa shape index (κ3) is 4.70. The van der Waals surface area contributed by atoms with Gasteiger partial charge in [0.15, 0.2) is 0 Å². The number of nitriles is 1. The Labute approximate surface area is 165 Å². The van der Waals surface area contributed by atoms with Crippen LogP contribution < -0.4 is 0 Å². The number of nitrogens with zero attached hydrogens (tertiary/aromatic N) is 3. The van der Waals surface area contributed by atoms with Crippen LogP contribution in [0.25, 0.3) is 11.3 Å². The first-order chi connectivity index (χ1) is 13.0. The Kier molecular flexibility index (Phi) is 6.18. The second kappa shape index (κ2) is 8.58. The number of aromatic nitrogens is 1. The molecule has 0 radical (unpaired) electrons. The first-order valence-electron chi connectivity index (χ1n) is 9.35. The Morgan fingerprint density at radius 2 is 1.93 bits per heavy atom. The SMILES string of the molecule is Cc1cc(C#N)c(SCC(=O)N2C[C@H](C)C[C@H](C)C2)nc1-c1ccccc1. The van der Waals surface area contributed by atoms with Crippen molar-refractivity contribution >= 4 is 17.7 Å². The number of rotatable bonds is 4. The van der Waals surface area contributed by atoms with Crippen LogP contribution in [0.2, 0.25) is 0 Å². The van der Waals surface area contributed by atoms with Gasteiger partial charge in [0.1, 0.15) is 11.1 Å². The number of benzene rings is 1. The maximum atomic E-state index is 12.7. The number of piperidine rings is 1. The summed E-state index contributed by atoms with van der Waals surface area (Å²) < 4.78 is 0. The largest absolute Gasteiger partial charge is 0.341 e. The molecule has 1 fully saturated rings. The minimum absolute atomic E-state index is 0.130. The van der Waals surface area contributed by atoms with Gasteiger partial charge in [-0.3, -0.25) is 4.79 Å². The fourth-order valence-corrected chi connectivity index (χ4v) is 4.62. The second-order valence-electron chi connectivity index (χ2n) is 7.52. The van der Waals surface area contributed by atoms with Crippen molar-refractivity contribution in [2.24, 2.45) is 11.8 Å². The molecule has 1 aromatic carbocycles. The van der Waals surface area contributed by atoms with E-state index < -0.39 is 0 Å². The summed E-state index contributed by atoms with van der Waals surface area (Å²) in [7, 11) is 0. The summed E-state index contributed by atoms with van der Waals surface area (Å²) in [6.07, 6.45) is 1.18. The third-order valence-electron chi connectivity index (χ3n) is 4.90. The van der Waals surface area contributed by atoms with Gasteiger partial charge in [-0.15, -0.1) is 0 Å². The standard InChI is InChI=1S/C22H25N3OS/c1-15-9-16(2)13-25(12-15)20(26)14-27-22-19(11-23)10-17(3)21(24-22)18-7-5-4-6-8-18/h4-8,10,15-16H,9,12-14H2,1-3H3/t15-,16+. The van der Waals surface area contributed by atoms with Gasteiger partial charge in [-0.05, 0) is 36.8 Å². The van der Waals surface area contributed by atoms with E-state index in [1.165, 1.54) is 18.2 Å². The highest BCUT2D eigenvalue weighted by atomic mass is 32.2. The lowest BCUT2D eigenvalue weighted by Crippen LogP contribution is -2.43. The maximum Gasteiger partial charge on any atom is 0.233 e. The number of pyridine rings is 1. The maximum absolute atomic E-state index is 12.7. The molecule has 1 aliphatic heterocycles. The van der Waals surface area contributed by atoms with E-state index in [0.29, 0.717) is 28.2 Å². The molecule has 2 atom stereocenters. The van der Waals surface area contributed by atoms with Gasteiger partial charge < -0.3 is 4.90 Å². The number of hydrogen-bond donors (Lipinski definition) is 0. The van der Waals surface area contributed by atoms with Gasteiger partial charge in [0, 0.05) is 18.7 Å². The van der Waals surface area contributed by atoms with E-state index in [1.54, 1.807) is 0 Å². The molecule has 4 nitrogen and oxygen atoms in total. The van der Waals surface area contributed by atoms with E-state index >= 15 is 0 Å². The zero-order valence-corrected chi connectivity index (χ0v) is 16.9. The highest BCUT2D eigenvalue weighted by molar-refractivity contribution is 8.00. The number of likely N-dealkylation sites (tertiary alicyclic amines) is 1. The van der Waals surface area contributed by atoms with Crippen molar-refractivity contribution in [2.45, 2.75) is 32.2 Å². The molecule has 1 amide bonds. The van der Waals surface area contributed by atoms with Gasteiger partial charge in [0.25, 0.3) is 0 Å². The van der Waals surface area contributed by atoms with Crippen LogP contribution >= 0.6 is 11.8 Å². The first-order valence-corrected chi connectivity index (χ1v) is 10.3. The van der Waals surface area contributed by atoms with Gasteiger partial charge in [0.2, 0.25) is 5.91 Å². The number of aryl methyl sites for hydroxylation is 1. The van der Waals surface area contributed by atoms with E-state index in [-0.39, 0.29) is 5.91 Å². The van der Waals surface area contributed by atoms with Crippen LogP contribution in [-0.2, 0) is 4.79 Å². The minimum atomic E-state index is 0.130. The van der Waals surface area contributed by atoms with Crippen molar-refractivity contribution in [2.75, 3.05) is 18.8 Å². The van der Waals surface area contributed by atoms with Crippen LogP contribution in [0, 0.1) is 30.1 Å². The molecule has 0 spiro atoms. The van der Waals surface area contributed by atoms with E-state index in [4.69, 9.17) is 4.98 Å². The van der Waals surface area contributed by atoms with Crippen molar-refractivity contribution in [1.29, 1.82) is 5.26 Å². The van der Waals surface area contributed by atoms with E-state index in [0.717, 1.165) is 29.9 Å². The summed E-state index contributed by atoms with van der Waals surface area (Å²) in [6.45, 7) is 8.01. The molecule has 27 heavy (non-hydrogen) atoms. The smallest absolute Gasteiger partial charge is 0.233 e. The molecule has 0 aliphatic carbocycles. The van der Waals surface area contributed by atoms with Gasteiger partial charge in [-0.1, -0.05) is 55.9 Å². The van der Waals surface area contributed by atoms with Crippen molar-refractivity contribution in [3.05, 3.63) is 47.5 Å². The summed E-state index contributed by atoms with van der Waals surface area (Å²) >= 11 is 1.37. The Bertz CT molecular complexity index is 850. The summed E-state index contributed by atoms with van der Waals surface area (Å²) in [6, 6.07) is 14.0. The van der Waals surface area contributed by atoms with Crippen LogP contribution in [0.4, 0.5) is 0 Å². The molecule has 0 bridgehead atoms. The van der Waals surface area contributed by atoms with Gasteiger partial charge in [-0.2, -0.15) is 5.26 Å². The highest BCUT2D eigenvalue weighted by Crippen LogP contribution is 2.29. The zero-order valence-electron chi connectivity index (χ0n) is 16.1. The van der Waals surface area contributed by atoms with E-state index in [9.17, 15) is 10.1 Å². The zero-order chi connectivity index (χ0) is 19.4. The minimum Gasteiger partial charge on any atom is -0.341 e. The Morgan fingerprint density at radius 3 is 2.56 bits per heavy atom. The Morgan fingerprint density at radius 1 is 1.26 bits per heavy atom. The summed E-state index contributed by atoms with van der Waals surface area (Å²) in [5, 5.41) is 10.1. The fraction of sp³-hybridized carbons (Fsp3) is 0.409. The summed E-state index contributed by atoms with van der Waals surface area (Å²) in [5.41, 5.74) is 3.38. The van der Waals surface area contributed by atoms with Gasteiger partial charge in [-0.25, -0.2) is 4.98 Å². The van der Waals surface area contributed by atoms with Crippen molar-refractivity contribution < 1.29 is 4.79 Å². The number of thioether (sulfide) groups is 1. The predicted molar refractivity (Wildman–Crippen MR) is 109 cm³/mol. The van der Waals surface area contributed by atoms with Crippen molar-refractivity contribution in [3.63, 3.8) is 0 Å². The number of carbonyl (C=O) groups is 1. The predicted octanol–water partition coefficient (Wildman–Crippen LogP) is 4.53. The molecular formula is C22H25N3OS. The molecule has 140 valence electrons. The summed E-state index contributed by atoms with van der Waals surface area (Å²) in [5.74, 6) is 1.53. The number of hydrogen-bond acceptors (Lipinski definition) is 4. The molecule has 2 aromatic rings. The normalized spacial score (nSPS) is 19.6. The molecule has 1 aliphatic rings. The Balaban J connectivity index is 1.78. The lowest BCUT2D eigenvalue weighted by atomic mass is 9.92. The van der Waals surface area contributed by atoms with Gasteiger partial charge in [0.05, 0.1) is 17.0 Å². The number of carbonyl (C=O) groups excluding carboxylic acids is 1. The topological polar surface area (TPSA) is 57.0 Å². The van der Waals surface area contributed by atoms with Crippen molar-refractivity contribution in [3.8, 4) is 17.3 Å². The van der Waals surface area contributed by atoms with E-state index in [2.05, 4.69) is 19.9 Å².